The minimum atomic E-state index is 0. The quantitative estimate of drug-likeness (QED) is 0.609. The summed E-state index contributed by atoms with van der Waals surface area (Å²) in [5.74, 6) is 0.994. The van der Waals surface area contributed by atoms with Crippen molar-refractivity contribution >= 4 is 0 Å². The van der Waals surface area contributed by atoms with Gasteiger partial charge >= 0.3 is 120 Å². The Balaban J connectivity index is 0.000001000. The van der Waals surface area contributed by atoms with Crippen molar-refractivity contribution in [2.24, 2.45) is 5.92 Å². The molecule has 1 saturated carbocycles. The summed E-state index contributed by atoms with van der Waals surface area (Å²) in [6.07, 6.45) is 23.0. The van der Waals surface area contributed by atoms with Crippen molar-refractivity contribution in [2.75, 3.05) is 0 Å². The maximum Gasteiger partial charge on any atom is -1.00 e. The van der Waals surface area contributed by atoms with Crippen LogP contribution in [0.15, 0.2) is 43.7 Å². The summed E-state index contributed by atoms with van der Waals surface area (Å²) >= 11 is 0.0198. The largest absolute Gasteiger partial charge is 1.00 e. The first-order valence-corrected chi connectivity index (χ1v) is 8.99. The third-order valence-corrected chi connectivity index (χ3v) is 6.72. The molecule has 0 bridgehead atoms. The van der Waals surface area contributed by atoms with Crippen molar-refractivity contribution in [1.82, 2.24) is 0 Å². The summed E-state index contributed by atoms with van der Waals surface area (Å²) in [5, 5.41) is 0. The van der Waals surface area contributed by atoms with Crippen LogP contribution in [0.5, 0.6) is 0 Å². The molecule has 1 heteroatoms. The van der Waals surface area contributed by atoms with Gasteiger partial charge in [-0.3, -0.25) is 0 Å². The minimum Gasteiger partial charge on any atom is -1.00 e. The first kappa shape index (κ1) is 12.7. The van der Waals surface area contributed by atoms with Crippen LogP contribution in [0.25, 0.3) is 0 Å². The molecule has 0 unspecified atom stereocenters. The van der Waals surface area contributed by atoms with Crippen LogP contribution in [0.4, 0.5) is 0 Å². The second-order valence-electron chi connectivity index (χ2n) is 5.77. The molecule has 0 amide bonds. The average molecular weight is 276 g/mol. The molecule has 1 fully saturated rings. The van der Waals surface area contributed by atoms with Crippen molar-refractivity contribution in [3.8, 4) is 0 Å². The van der Waals surface area contributed by atoms with Gasteiger partial charge in [-0.15, -0.1) is 0 Å². The Hall–Kier alpha value is -0.326. The number of rotatable bonds is 4. The average Bonchev–Trinajstić information content (AvgIpc) is 3.04. The van der Waals surface area contributed by atoms with Gasteiger partial charge in [-0.2, -0.15) is 0 Å². The second kappa shape index (κ2) is 6.21. The first-order chi connectivity index (χ1) is 8.92. The summed E-state index contributed by atoms with van der Waals surface area (Å²) < 4.78 is 3.56. The minimum absolute atomic E-state index is 0. The SMILES string of the molecule is C1=CC[C]([Ti+2][C]2=C(CC3CCCCC3)C=CC2)=C1.[H-].[H-]. The standard InChI is InChI=1S/C12H17.C5H5.Ti.2H/c1-2-6-11(7-3-1)10-12-8-4-5-9-12;1-2-4-5-3-1;;;/h4,8,11H,1-3,5-7,10H2;1-3H,4H2;;;/q;;+2;2*-1. The Morgan fingerprint density at radius 1 is 1.11 bits per heavy atom. The Bertz CT molecular complexity index is 426. The van der Waals surface area contributed by atoms with Crippen molar-refractivity contribution < 1.29 is 22.0 Å². The molecule has 18 heavy (non-hydrogen) atoms. The molecule has 0 saturated heterocycles. The molecule has 3 aliphatic rings. The van der Waals surface area contributed by atoms with E-state index in [1.54, 1.807) is 9.45 Å². The Morgan fingerprint density at radius 3 is 2.78 bits per heavy atom. The molecule has 0 radical (unpaired) electrons. The van der Waals surface area contributed by atoms with Gasteiger partial charge in [0, 0.05) is 0 Å². The molecular weight excluding hydrogens is 252 g/mol. The van der Waals surface area contributed by atoms with Gasteiger partial charge in [-0.1, -0.05) is 0 Å². The summed E-state index contributed by atoms with van der Waals surface area (Å²) in [6, 6.07) is 0. The van der Waals surface area contributed by atoms with E-state index in [4.69, 9.17) is 0 Å². The number of hydrogen-bond acceptors (Lipinski definition) is 0. The molecule has 0 atom stereocenters. The van der Waals surface area contributed by atoms with Gasteiger partial charge in [0.15, 0.2) is 0 Å². The topological polar surface area (TPSA) is 0 Å². The van der Waals surface area contributed by atoms with E-state index < -0.39 is 0 Å². The Labute approximate surface area is 123 Å². The van der Waals surface area contributed by atoms with Gasteiger partial charge in [-0.25, -0.2) is 0 Å². The van der Waals surface area contributed by atoms with E-state index in [-0.39, 0.29) is 22.0 Å². The van der Waals surface area contributed by atoms with Crippen LogP contribution >= 0.6 is 0 Å². The predicted molar refractivity (Wildman–Crippen MR) is 76.0 cm³/mol. The van der Waals surface area contributed by atoms with E-state index in [1.165, 1.54) is 51.4 Å². The molecule has 0 aromatic carbocycles. The maximum atomic E-state index is 2.44. The Kier molecular flexibility index (Phi) is 4.38. The molecular formula is C17H24Ti. The number of hydrogen-bond donors (Lipinski definition) is 0. The predicted octanol–water partition coefficient (Wildman–Crippen LogP) is 5.32. The van der Waals surface area contributed by atoms with Crippen molar-refractivity contribution in [3.05, 3.63) is 43.7 Å². The maximum absolute atomic E-state index is 2.44. The fraction of sp³-hybridized carbons (Fsp3) is 0.529. The molecule has 0 aromatic heterocycles. The van der Waals surface area contributed by atoms with E-state index in [2.05, 4.69) is 30.4 Å². The van der Waals surface area contributed by atoms with Crippen molar-refractivity contribution in [2.45, 2.75) is 51.4 Å². The Morgan fingerprint density at radius 2 is 2.00 bits per heavy atom. The van der Waals surface area contributed by atoms with Crippen molar-refractivity contribution in [3.63, 3.8) is 0 Å². The van der Waals surface area contributed by atoms with Crippen LogP contribution in [0.2, 0.25) is 0 Å². The molecule has 0 nitrogen and oxygen atoms in total. The van der Waals surface area contributed by atoms with Gasteiger partial charge < -0.3 is 2.85 Å². The van der Waals surface area contributed by atoms with Crippen LogP contribution in [0.1, 0.15) is 54.2 Å². The normalized spacial score (nSPS) is 23.7. The molecule has 96 valence electrons. The van der Waals surface area contributed by atoms with Gasteiger partial charge in [0.25, 0.3) is 0 Å². The van der Waals surface area contributed by atoms with Gasteiger partial charge in [-0.05, 0) is 0 Å². The fourth-order valence-electron chi connectivity index (χ4n) is 3.31. The summed E-state index contributed by atoms with van der Waals surface area (Å²) in [6.45, 7) is 0. The summed E-state index contributed by atoms with van der Waals surface area (Å²) in [4.78, 5) is 0. The van der Waals surface area contributed by atoms with Crippen LogP contribution < -0.4 is 0 Å². The third-order valence-electron chi connectivity index (χ3n) is 4.34. The van der Waals surface area contributed by atoms with E-state index >= 15 is 0 Å². The molecule has 3 aliphatic carbocycles. The zero-order valence-electron chi connectivity index (χ0n) is 13.1. The zero-order valence-corrected chi connectivity index (χ0v) is 12.7. The smallest absolute Gasteiger partial charge is 1.00 e. The van der Waals surface area contributed by atoms with E-state index in [1.807, 2.05) is 3.88 Å². The van der Waals surface area contributed by atoms with Gasteiger partial charge in [0.2, 0.25) is 0 Å². The monoisotopic (exact) mass is 276 g/mol. The van der Waals surface area contributed by atoms with Crippen LogP contribution in [-0.4, -0.2) is 0 Å². The molecule has 0 heterocycles. The first-order valence-electron chi connectivity index (χ1n) is 7.43. The summed E-state index contributed by atoms with van der Waals surface area (Å²) in [7, 11) is 0. The molecule has 0 aromatic rings. The molecule has 0 N–H and O–H groups in total. The molecule has 3 rings (SSSR count). The van der Waals surface area contributed by atoms with Crippen LogP contribution in [0, 0.1) is 5.92 Å². The van der Waals surface area contributed by atoms with Crippen LogP contribution in [0.3, 0.4) is 0 Å². The number of allylic oxidation sites excluding steroid dienone is 8. The van der Waals surface area contributed by atoms with E-state index in [9.17, 15) is 0 Å². The summed E-state index contributed by atoms with van der Waals surface area (Å²) in [5.41, 5.74) is 1.73. The zero-order chi connectivity index (χ0) is 12.2. The van der Waals surface area contributed by atoms with Gasteiger partial charge in [0.05, 0.1) is 0 Å². The van der Waals surface area contributed by atoms with E-state index in [0.29, 0.717) is 0 Å². The second-order valence-corrected chi connectivity index (χ2v) is 8.10. The van der Waals surface area contributed by atoms with E-state index in [0.717, 1.165) is 5.92 Å². The van der Waals surface area contributed by atoms with Gasteiger partial charge in [0.1, 0.15) is 0 Å². The van der Waals surface area contributed by atoms with Crippen molar-refractivity contribution in [1.29, 1.82) is 0 Å². The molecule has 0 spiro atoms. The third kappa shape index (κ3) is 3.16. The molecule has 0 aliphatic heterocycles. The van der Waals surface area contributed by atoms with Crippen LogP contribution in [-0.2, 0) is 19.2 Å². The fourth-order valence-corrected chi connectivity index (χ4v) is 5.42.